The van der Waals surface area contributed by atoms with Gasteiger partial charge in [-0.05, 0) is 38.2 Å². The molecular weight excluding hydrogens is 174 g/mol. The summed E-state index contributed by atoms with van der Waals surface area (Å²) in [5.41, 5.74) is 0.0689. The lowest BCUT2D eigenvalue weighted by Crippen LogP contribution is -2.45. The molecular formula is C12H21NO. The number of rotatable bonds is 3. The predicted octanol–water partition coefficient (Wildman–Crippen LogP) is 2.60. The van der Waals surface area contributed by atoms with Gasteiger partial charge in [0.1, 0.15) is 0 Å². The van der Waals surface area contributed by atoms with Gasteiger partial charge in [0.05, 0.1) is 0 Å². The van der Waals surface area contributed by atoms with E-state index in [1.165, 1.54) is 6.08 Å². The molecule has 1 amide bonds. The summed E-state index contributed by atoms with van der Waals surface area (Å²) in [5.74, 6) is 0.726. The summed E-state index contributed by atoms with van der Waals surface area (Å²) in [6.45, 7) is 11.1. The second kappa shape index (κ2) is 4.16. The van der Waals surface area contributed by atoms with Crippen molar-refractivity contribution in [1.29, 1.82) is 0 Å². The van der Waals surface area contributed by atoms with Gasteiger partial charge >= 0.3 is 0 Å². The van der Waals surface area contributed by atoms with Crippen molar-refractivity contribution in [3.8, 4) is 0 Å². The van der Waals surface area contributed by atoms with Crippen LogP contribution >= 0.6 is 0 Å². The minimum absolute atomic E-state index is 0.0689. The zero-order valence-electron chi connectivity index (χ0n) is 9.55. The van der Waals surface area contributed by atoms with Crippen LogP contribution in [0.15, 0.2) is 12.7 Å². The highest BCUT2D eigenvalue weighted by Gasteiger charge is 2.38. The maximum atomic E-state index is 11.6. The van der Waals surface area contributed by atoms with Crippen molar-refractivity contribution >= 4 is 5.91 Å². The summed E-state index contributed by atoms with van der Waals surface area (Å²) < 4.78 is 0. The van der Waals surface area contributed by atoms with Crippen LogP contribution in [-0.2, 0) is 4.79 Å². The molecule has 0 aromatic heterocycles. The molecule has 80 valence electrons. The normalized spacial score (nSPS) is 27.0. The molecule has 1 rings (SSSR count). The number of hydrogen-bond donors (Lipinski definition) is 0. The molecule has 0 spiro atoms. The Hall–Kier alpha value is -0.790. The summed E-state index contributed by atoms with van der Waals surface area (Å²) in [5, 5.41) is 0. The maximum absolute atomic E-state index is 11.6. The van der Waals surface area contributed by atoms with Crippen LogP contribution in [-0.4, -0.2) is 22.9 Å². The molecule has 0 aliphatic carbocycles. The van der Waals surface area contributed by atoms with Crippen molar-refractivity contribution in [3.63, 3.8) is 0 Å². The van der Waals surface area contributed by atoms with Gasteiger partial charge in [-0.3, -0.25) is 4.79 Å². The van der Waals surface area contributed by atoms with Crippen LogP contribution in [0.2, 0.25) is 0 Å². The first-order valence-electron chi connectivity index (χ1n) is 5.43. The molecule has 2 nitrogen and oxygen atoms in total. The van der Waals surface area contributed by atoms with Crippen LogP contribution in [0.5, 0.6) is 0 Å². The van der Waals surface area contributed by atoms with Crippen molar-refractivity contribution in [2.45, 2.75) is 45.6 Å². The molecule has 1 aliphatic rings. The average molecular weight is 195 g/mol. The molecule has 1 heterocycles. The largest absolute Gasteiger partial charge is 0.334 e. The highest BCUT2D eigenvalue weighted by Crippen LogP contribution is 2.34. The third-order valence-electron chi connectivity index (χ3n) is 3.04. The van der Waals surface area contributed by atoms with Crippen molar-refractivity contribution in [3.05, 3.63) is 12.7 Å². The Kier molecular flexibility index (Phi) is 3.35. The second-order valence-corrected chi connectivity index (χ2v) is 4.89. The summed E-state index contributed by atoms with van der Waals surface area (Å²) in [6, 6.07) is 0. The summed E-state index contributed by atoms with van der Waals surface area (Å²) in [6.07, 6.45) is 4.78. The van der Waals surface area contributed by atoms with E-state index >= 15 is 0 Å². The minimum Gasteiger partial charge on any atom is -0.334 e. The Labute approximate surface area is 87.0 Å². The van der Waals surface area contributed by atoms with Gasteiger partial charge in [-0.1, -0.05) is 20.4 Å². The van der Waals surface area contributed by atoms with E-state index in [0.717, 1.165) is 25.8 Å². The molecule has 0 bridgehead atoms. The molecule has 1 saturated heterocycles. The standard InChI is InChI=1S/C12H21NO/c1-5-11(14)13-8-6-7-12(13,4)9-10(2)3/h5,10H,1,6-9H2,2-4H3/t12-/m0/s1. The number of hydrogen-bond acceptors (Lipinski definition) is 1. The Morgan fingerprint density at radius 3 is 2.79 bits per heavy atom. The maximum Gasteiger partial charge on any atom is 0.246 e. The monoisotopic (exact) mass is 195 g/mol. The molecule has 0 N–H and O–H groups in total. The number of carbonyl (C=O) groups excluding carboxylic acids is 1. The van der Waals surface area contributed by atoms with Gasteiger partial charge in [0, 0.05) is 12.1 Å². The average Bonchev–Trinajstić information content (AvgIpc) is 2.44. The molecule has 1 atom stereocenters. The molecule has 1 aliphatic heterocycles. The van der Waals surface area contributed by atoms with Gasteiger partial charge in [-0.15, -0.1) is 0 Å². The first kappa shape index (κ1) is 11.3. The molecule has 0 saturated carbocycles. The van der Waals surface area contributed by atoms with Crippen molar-refractivity contribution in [2.75, 3.05) is 6.54 Å². The first-order chi connectivity index (χ1) is 6.49. The SMILES string of the molecule is C=CC(=O)N1CCC[C@@]1(C)CC(C)C. The molecule has 0 aromatic rings. The smallest absolute Gasteiger partial charge is 0.246 e. The summed E-state index contributed by atoms with van der Waals surface area (Å²) in [4.78, 5) is 13.6. The van der Waals surface area contributed by atoms with Crippen LogP contribution in [0.25, 0.3) is 0 Å². The van der Waals surface area contributed by atoms with Gasteiger partial charge in [0.2, 0.25) is 5.91 Å². The molecule has 0 aromatic carbocycles. The van der Waals surface area contributed by atoms with Crippen molar-refractivity contribution in [1.82, 2.24) is 4.90 Å². The van der Waals surface area contributed by atoms with Gasteiger partial charge in [0.15, 0.2) is 0 Å². The van der Waals surface area contributed by atoms with Crippen LogP contribution in [0.4, 0.5) is 0 Å². The number of nitrogens with zero attached hydrogens (tertiary/aromatic N) is 1. The zero-order valence-corrected chi connectivity index (χ0v) is 9.55. The Morgan fingerprint density at radius 1 is 1.64 bits per heavy atom. The molecule has 2 heteroatoms. The van der Waals surface area contributed by atoms with E-state index in [-0.39, 0.29) is 11.4 Å². The lowest BCUT2D eigenvalue weighted by molar-refractivity contribution is -0.129. The Morgan fingerprint density at radius 2 is 2.29 bits per heavy atom. The Bertz CT molecular complexity index is 234. The van der Waals surface area contributed by atoms with Crippen LogP contribution in [0, 0.1) is 5.92 Å². The number of carbonyl (C=O) groups is 1. The molecule has 14 heavy (non-hydrogen) atoms. The fourth-order valence-electron chi connectivity index (χ4n) is 2.60. The molecule has 0 unspecified atom stereocenters. The van der Waals surface area contributed by atoms with Gasteiger partial charge in [0.25, 0.3) is 0 Å². The number of likely N-dealkylation sites (tertiary alicyclic amines) is 1. The van der Waals surface area contributed by atoms with E-state index < -0.39 is 0 Å². The fourth-order valence-corrected chi connectivity index (χ4v) is 2.60. The van der Waals surface area contributed by atoms with E-state index in [2.05, 4.69) is 27.4 Å². The van der Waals surface area contributed by atoms with Gasteiger partial charge in [-0.2, -0.15) is 0 Å². The second-order valence-electron chi connectivity index (χ2n) is 4.89. The Balaban J connectivity index is 2.75. The molecule has 0 radical (unpaired) electrons. The van der Waals surface area contributed by atoms with Crippen LogP contribution in [0.1, 0.15) is 40.0 Å². The third kappa shape index (κ3) is 2.17. The number of amides is 1. The minimum atomic E-state index is 0.0689. The van der Waals surface area contributed by atoms with Crippen molar-refractivity contribution < 1.29 is 4.79 Å². The van der Waals surface area contributed by atoms with Gasteiger partial charge in [-0.25, -0.2) is 0 Å². The lowest BCUT2D eigenvalue weighted by Gasteiger charge is -2.36. The van der Waals surface area contributed by atoms with E-state index in [1.807, 2.05) is 4.90 Å². The lowest BCUT2D eigenvalue weighted by atomic mass is 9.88. The topological polar surface area (TPSA) is 20.3 Å². The first-order valence-corrected chi connectivity index (χ1v) is 5.43. The van der Waals surface area contributed by atoms with Crippen molar-refractivity contribution in [2.24, 2.45) is 5.92 Å². The third-order valence-corrected chi connectivity index (χ3v) is 3.04. The van der Waals surface area contributed by atoms with E-state index in [0.29, 0.717) is 5.92 Å². The highest BCUT2D eigenvalue weighted by molar-refractivity contribution is 5.87. The van der Waals surface area contributed by atoms with E-state index in [9.17, 15) is 4.79 Å². The van der Waals surface area contributed by atoms with Crippen LogP contribution in [0.3, 0.4) is 0 Å². The van der Waals surface area contributed by atoms with E-state index in [1.54, 1.807) is 0 Å². The van der Waals surface area contributed by atoms with Crippen LogP contribution < -0.4 is 0 Å². The summed E-state index contributed by atoms with van der Waals surface area (Å²) in [7, 11) is 0. The zero-order chi connectivity index (χ0) is 10.8. The predicted molar refractivity (Wildman–Crippen MR) is 59.0 cm³/mol. The molecule has 1 fully saturated rings. The fraction of sp³-hybridized carbons (Fsp3) is 0.750. The highest BCUT2D eigenvalue weighted by atomic mass is 16.2. The quantitative estimate of drug-likeness (QED) is 0.634. The summed E-state index contributed by atoms with van der Waals surface area (Å²) >= 11 is 0. The van der Waals surface area contributed by atoms with Gasteiger partial charge < -0.3 is 4.90 Å². The van der Waals surface area contributed by atoms with E-state index in [4.69, 9.17) is 0 Å².